The van der Waals surface area contributed by atoms with Crippen molar-refractivity contribution in [3.63, 3.8) is 0 Å². The summed E-state index contributed by atoms with van der Waals surface area (Å²) in [4.78, 5) is 28.2. The van der Waals surface area contributed by atoms with E-state index >= 15 is 0 Å². The van der Waals surface area contributed by atoms with Crippen molar-refractivity contribution in [3.05, 3.63) is 95.6 Å². The Kier molecular flexibility index (Phi) is 5.28. The van der Waals surface area contributed by atoms with E-state index in [0.29, 0.717) is 22.7 Å². The summed E-state index contributed by atoms with van der Waals surface area (Å²) in [6, 6.07) is 16.9. The number of hydrogen-bond donors (Lipinski definition) is 2. The largest absolute Gasteiger partial charge is 0.478 e. The standard InChI is InChI=1S/C23H14F2N2O4/c24-15-7-10-20(18(25)12-15)31-22-17(11-14-3-1-2-4-19(14)27-22)21(28)26-16-8-5-13(6-9-16)23(29)30/h1-12H,(H,26,28)(H,29,30). The molecule has 2 N–H and O–H groups in total. The number of amides is 1. The van der Waals surface area contributed by atoms with Gasteiger partial charge in [0.25, 0.3) is 5.91 Å². The van der Waals surface area contributed by atoms with Crippen LogP contribution in [0.2, 0.25) is 0 Å². The number of rotatable bonds is 5. The molecule has 0 saturated carbocycles. The first kappa shape index (κ1) is 20.0. The second-order valence-corrected chi connectivity index (χ2v) is 6.55. The Bertz CT molecular complexity index is 1310. The number of nitrogens with zero attached hydrogens (tertiary/aromatic N) is 1. The van der Waals surface area contributed by atoms with Gasteiger partial charge in [0.1, 0.15) is 11.4 Å². The highest BCUT2D eigenvalue weighted by molar-refractivity contribution is 6.08. The van der Waals surface area contributed by atoms with Gasteiger partial charge in [-0.1, -0.05) is 18.2 Å². The number of nitrogens with one attached hydrogen (secondary N) is 1. The van der Waals surface area contributed by atoms with Crippen LogP contribution >= 0.6 is 0 Å². The zero-order chi connectivity index (χ0) is 22.0. The van der Waals surface area contributed by atoms with E-state index in [9.17, 15) is 18.4 Å². The SMILES string of the molecule is O=C(O)c1ccc(NC(=O)c2cc3ccccc3nc2Oc2ccc(F)cc2F)cc1. The first-order chi connectivity index (χ1) is 14.9. The quantitative estimate of drug-likeness (QED) is 0.460. The number of carbonyl (C=O) groups is 2. The molecule has 8 heteroatoms. The lowest BCUT2D eigenvalue weighted by atomic mass is 10.1. The maximum absolute atomic E-state index is 14.1. The fourth-order valence-electron chi connectivity index (χ4n) is 2.90. The van der Waals surface area contributed by atoms with Gasteiger partial charge in [-0.25, -0.2) is 18.6 Å². The minimum atomic E-state index is -1.09. The van der Waals surface area contributed by atoms with E-state index in [0.717, 1.165) is 12.1 Å². The number of aromatic nitrogens is 1. The molecule has 4 rings (SSSR count). The molecule has 1 heterocycles. The summed E-state index contributed by atoms with van der Waals surface area (Å²) in [6.45, 7) is 0. The van der Waals surface area contributed by atoms with E-state index in [1.165, 1.54) is 24.3 Å². The van der Waals surface area contributed by atoms with E-state index in [-0.39, 0.29) is 22.8 Å². The van der Waals surface area contributed by atoms with Gasteiger partial charge in [-0.3, -0.25) is 4.79 Å². The van der Waals surface area contributed by atoms with Crippen LogP contribution in [-0.4, -0.2) is 22.0 Å². The molecule has 4 aromatic rings. The average Bonchev–Trinajstić information content (AvgIpc) is 2.75. The van der Waals surface area contributed by atoms with Gasteiger partial charge >= 0.3 is 5.97 Å². The molecule has 31 heavy (non-hydrogen) atoms. The Balaban J connectivity index is 1.71. The molecule has 0 unspecified atom stereocenters. The Morgan fingerprint density at radius 3 is 2.39 bits per heavy atom. The molecule has 0 spiro atoms. The molecule has 0 radical (unpaired) electrons. The highest BCUT2D eigenvalue weighted by Crippen LogP contribution is 2.29. The van der Waals surface area contributed by atoms with Crippen LogP contribution in [0.5, 0.6) is 11.6 Å². The van der Waals surface area contributed by atoms with Crippen LogP contribution in [0.3, 0.4) is 0 Å². The number of carboxylic acid groups (broad SMARTS) is 1. The Hall–Kier alpha value is -4.33. The highest BCUT2D eigenvalue weighted by Gasteiger charge is 2.19. The number of benzene rings is 3. The van der Waals surface area contributed by atoms with Gasteiger partial charge in [-0.15, -0.1) is 0 Å². The van der Waals surface area contributed by atoms with Crippen molar-refractivity contribution in [2.45, 2.75) is 0 Å². The van der Waals surface area contributed by atoms with Gasteiger partial charge in [0.2, 0.25) is 5.88 Å². The first-order valence-corrected chi connectivity index (χ1v) is 9.08. The van der Waals surface area contributed by atoms with Gasteiger partial charge in [-0.05, 0) is 48.5 Å². The van der Waals surface area contributed by atoms with Crippen LogP contribution in [0.1, 0.15) is 20.7 Å². The van der Waals surface area contributed by atoms with Crippen LogP contribution < -0.4 is 10.1 Å². The van der Waals surface area contributed by atoms with Gasteiger partial charge in [0.05, 0.1) is 11.1 Å². The third-order valence-corrected chi connectivity index (χ3v) is 4.42. The van der Waals surface area contributed by atoms with E-state index in [4.69, 9.17) is 9.84 Å². The third-order valence-electron chi connectivity index (χ3n) is 4.42. The minimum Gasteiger partial charge on any atom is -0.478 e. The van der Waals surface area contributed by atoms with Crippen LogP contribution in [0.25, 0.3) is 10.9 Å². The molecule has 1 amide bonds. The van der Waals surface area contributed by atoms with Crippen LogP contribution in [0.4, 0.5) is 14.5 Å². The second-order valence-electron chi connectivity index (χ2n) is 6.55. The molecule has 154 valence electrons. The van der Waals surface area contributed by atoms with E-state index in [1.54, 1.807) is 30.3 Å². The molecular formula is C23H14F2N2O4. The molecule has 1 aromatic heterocycles. The zero-order valence-electron chi connectivity index (χ0n) is 15.8. The summed E-state index contributed by atoms with van der Waals surface area (Å²) >= 11 is 0. The monoisotopic (exact) mass is 420 g/mol. The van der Waals surface area contributed by atoms with Gasteiger partial charge in [0, 0.05) is 17.1 Å². The summed E-state index contributed by atoms with van der Waals surface area (Å²) in [7, 11) is 0. The van der Waals surface area contributed by atoms with Crippen LogP contribution in [-0.2, 0) is 0 Å². The summed E-state index contributed by atoms with van der Waals surface area (Å²) in [5.41, 5.74) is 0.954. The molecule has 0 bridgehead atoms. The lowest BCUT2D eigenvalue weighted by molar-refractivity contribution is 0.0696. The van der Waals surface area contributed by atoms with Gasteiger partial charge < -0.3 is 15.2 Å². The van der Waals surface area contributed by atoms with Crippen LogP contribution in [0, 0.1) is 11.6 Å². The maximum atomic E-state index is 14.1. The summed E-state index contributed by atoms with van der Waals surface area (Å²) in [5, 5.41) is 12.3. The fraction of sp³-hybridized carbons (Fsp3) is 0. The Morgan fingerprint density at radius 2 is 1.68 bits per heavy atom. The van der Waals surface area contributed by atoms with Crippen molar-refractivity contribution in [2.75, 3.05) is 5.32 Å². The number of fused-ring (bicyclic) bond motifs is 1. The number of carbonyl (C=O) groups excluding carboxylic acids is 1. The lowest BCUT2D eigenvalue weighted by Crippen LogP contribution is -2.14. The number of pyridine rings is 1. The molecule has 6 nitrogen and oxygen atoms in total. The predicted octanol–water partition coefficient (Wildman–Crippen LogP) is 5.26. The van der Waals surface area contributed by atoms with Crippen molar-refractivity contribution in [1.82, 2.24) is 4.98 Å². The summed E-state index contributed by atoms with van der Waals surface area (Å²) in [6.07, 6.45) is 0. The van der Waals surface area contributed by atoms with Crippen molar-refractivity contribution >= 4 is 28.5 Å². The molecular weight excluding hydrogens is 406 g/mol. The predicted molar refractivity (Wildman–Crippen MR) is 110 cm³/mol. The normalized spacial score (nSPS) is 10.6. The fourth-order valence-corrected chi connectivity index (χ4v) is 2.90. The highest BCUT2D eigenvalue weighted by atomic mass is 19.1. The Morgan fingerprint density at radius 1 is 0.935 bits per heavy atom. The molecule has 0 aliphatic carbocycles. The molecule has 0 atom stereocenters. The summed E-state index contributed by atoms with van der Waals surface area (Å²) in [5.74, 6) is -3.84. The smallest absolute Gasteiger partial charge is 0.335 e. The molecule has 0 aliphatic rings. The topological polar surface area (TPSA) is 88.5 Å². The maximum Gasteiger partial charge on any atom is 0.335 e. The molecule has 3 aromatic carbocycles. The number of para-hydroxylation sites is 1. The second kappa shape index (κ2) is 8.19. The molecule has 0 saturated heterocycles. The molecule has 0 fully saturated rings. The van der Waals surface area contributed by atoms with Crippen molar-refractivity contribution in [2.24, 2.45) is 0 Å². The summed E-state index contributed by atoms with van der Waals surface area (Å²) < 4.78 is 32.8. The number of anilines is 1. The zero-order valence-corrected chi connectivity index (χ0v) is 15.8. The average molecular weight is 420 g/mol. The molecule has 0 aliphatic heterocycles. The third kappa shape index (κ3) is 4.32. The van der Waals surface area contributed by atoms with Crippen molar-refractivity contribution in [1.29, 1.82) is 0 Å². The number of ether oxygens (including phenoxy) is 1. The Labute approximate surface area is 174 Å². The first-order valence-electron chi connectivity index (χ1n) is 9.08. The van der Waals surface area contributed by atoms with Gasteiger partial charge in [0.15, 0.2) is 11.6 Å². The van der Waals surface area contributed by atoms with Crippen LogP contribution in [0.15, 0.2) is 72.8 Å². The van der Waals surface area contributed by atoms with Crippen molar-refractivity contribution in [3.8, 4) is 11.6 Å². The van der Waals surface area contributed by atoms with E-state index < -0.39 is 23.5 Å². The number of hydrogen-bond acceptors (Lipinski definition) is 4. The number of carboxylic acids is 1. The number of halogens is 2. The van der Waals surface area contributed by atoms with Gasteiger partial charge in [-0.2, -0.15) is 0 Å². The lowest BCUT2D eigenvalue weighted by Gasteiger charge is -2.13. The van der Waals surface area contributed by atoms with E-state index in [1.807, 2.05) is 0 Å². The minimum absolute atomic E-state index is 0.0183. The number of aromatic carboxylic acids is 1. The van der Waals surface area contributed by atoms with E-state index in [2.05, 4.69) is 10.3 Å². The van der Waals surface area contributed by atoms with Crippen molar-refractivity contribution < 1.29 is 28.2 Å².